The molecule has 1 aliphatic heterocycles. The second kappa shape index (κ2) is 7.64. The van der Waals surface area contributed by atoms with Gasteiger partial charge in [-0.2, -0.15) is 13.2 Å². The standard InChI is InChI=1S/C21H21F3N4O2/c1-13-6-7-17-19(26-16-5-3-4-15(14(16)2)21(22,23)24)25-12-18(28(13)17)20(29)27-8-10-30-11-9-27/h3-7,12H,8-11H2,1-2H3,(H,25,26). The van der Waals surface area contributed by atoms with Crippen LogP contribution in [-0.4, -0.2) is 46.5 Å². The van der Waals surface area contributed by atoms with Crippen LogP contribution in [0.5, 0.6) is 0 Å². The Kier molecular flexibility index (Phi) is 5.15. The molecule has 0 saturated carbocycles. The first-order valence-electron chi connectivity index (χ1n) is 9.55. The van der Waals surface area contributed by atoms with Crippen molar-refractivity contribution in [1.29, 1.82) is 0 Å². The minimum atomic E-state index is -4.44. The van der Waals surface area contributed by atoms with Gasteiger partial charge in [-0.1, -0.05) is 6.07 Å². The van der Waals surface area contributed by atoms with Crippen LogP contribution in [0, 0.1) is 13.8 Å². The number of carbonyl (C=O) groups excluding carboxylic acids is 1. The summed E-state index contributed by atoms with van der Waals surface area (Å²) in [4.78, 5) is 19.1. The van der Waals surface area contributed by atoms with Crippen molar-refractivity contribution in [3.63, 3.8) is 0 Å². The summed E-state index contributed by atoms with van der Waals surface area (Å²) in [5.74, 6) is 0.223. The lowest BCUT2D eigenvalue weighted by molar-refractivity contribution is -0.138. The molecule has 0 atom stereocenters. The summed E-state index contributed by atoms with van der Waals surface area (Å²) in [5.41, 5.74) is 1.54. The van der Waals surface area contributed by atoms with Gasteiger partial charge in [-0.15, -0.1) is 0 Å². The molecule has 1 fully saturated rings. The van der Waals surface area contributed by atoms with Crippen LogP contribution in [-0.2, 0) is 10.9 Å². The smallest absolute Gasteiger partial charge is 0.378 e. The van der Waals surface area contributed by atoms with E-state index < -0.39 is 11.7 Å². The van der Waals surface area contributed by atoms with E-state index in [-0.39, 0.29) is 11.5 Å². The lowest BCUT2D eigenvalue weighted by atomic mass is 10.1. The summed E-state index contributed by atoms with van der Waals surface area (Å²) in [6.07, 6.45) is -2.98. The molecule has 1 aliphatic rings. The molecule has 3 heterocycles. The van der Waals surface area contributed by atoms with E-state index >= 15 is 0 Å². The van der Waals surface area contributed by atoms with E-state index in [1.807, 2.05) is 13.0 Å². The Morgan fingerprint density at radius 1 is 1.13 bits per heavy atom. The number of rotatable bonds is 3. The van der Waals surface area contributed by atoms with Crippen LogP contribution in [0.2, 0.25) is 0 Å². The van der Waals surface area contributed by atoms with Crippen LogP contribution in [0.3, 0.4) is 0 Å². The van der Waals surface area contributed by atoms with E-state index in [0.29, 0.717) is 49.0 Å². The highest BCUT2D eigenvalue weighted by Gasteiger charge is 2.33. The molecule has 0 bridgehead atoms. The molecule has 6 nitrogen and oxygen atoms in total. The number of anilines is 2. The lowest BCUT2D eigenvalue weighted by Gasteiger charge is -2.27. The highest BCUT2D eigenvalue weighted by molar-refractivity contribution is 5.94. The van der Waals surface area contributed by atoms with Crippen molar-refractivity contribution in [2.45, 2.75) is 20.0 Å². The predicted molar refractivity (Wildman–Crippen MR) is 106 cm³/mol. The molecule has 158 valence electrons. The number of amides is 1. The van der Waals surface area contributed by atoms with Crippen molar-refractivity contribution in [1.82, 2.24) is 14.3 Å². The monoisotopic (exact) mass is 418 g/mol. The third kappa shape index (κ3) is 3.60. The molecule has 0 aliphatic carbocycles. The Balaban J connectivity index is 1.73. The van der Waals surface area contributed by atoms with Gasteiger partial charge in [0, 0.05) is 24.5 Å². The molecular weight excluding hydrogens is 397 g/mol. The average Bonchev–Trinajstić information content (AvgIpc) is 3.11. The van der Waals surface area contributed by atoms with Crippen LogP contribution in [0.4, 0.5) is 24.7 Å². The second-order valence-corrected chi connectivity index (χ2v) is 7.19. The van der Waals surface area contributed by atoms with Crippen molar-refractivity contribution in [3.05, 3.63) is 59.0 Å². The van der Waals surface area contributed by atoms with Crippen LogP contribution in [0.15, 0.2) is 36.5 Å². The van der Waals surface area contributed by atoms with Gasteiger partial charge in [-0.05, 0) is 43.7 Å². The third-order valence-corrected chi connectivity index (χ3v) is 5.29. The minimum Gasteiger partial charge on any atom is -0.378 e. The van der Waals surface area contributed by atoms with Gasteiger partial charge in [0.2, 0.25) is 0 Å². The number of hydrogen-bond acceptors (Lipinski definition) is 4. The maximum atomic E-state index is 13.2. The van der Waals surface area contributed by atoms with Gasteiger partial charge < -0.3 is 19.4 Å². The Morgan fingerprint density at radius 3 is 2.57 bits per heavy atom. The number of hydrogen-bond donors (Lipinski definition) is 1. The normalized spacial score (nSPS) is 14.9. The maximum Gasteiger partial charge on any atom is 0.416 e. The first-order chi connectivity index (χ1) is 14.3. The molecule has 0 unspecified atom stereocenters. The van der Waals surface area contributed by atoms with Crippen molar-refractivity contribution in [2.75, 3.05) is 31.6 Å². The Bertz CT molecular complexity index is 1100. The molecule has 1 aromatic carbocycles. The number of benzene rings is 1. The molecule has 0 radical (unpaired) electrons. The van der Waals surface area contributed by atoms with E-state index in [1.165, 1.54) is 19.2 Å². The largest absolute Gasteiger partial charge is 0.416 e. The summed E-state index contributed by atoms with van der Waals surface area (Å²) in [7, 11) is 0. The number of nitrogens with one attached hydrogen (secondary N) is 1. The summed E-state index contributed by atoms with van der Waals surface area (Å²) in [6.45, 7) is 5.27. The number of morpholine rings is 1. The number of ether oxygens (including phenoxy) is 1. The first-order valence-corrected chi connectivity index (χ1v) is 9.55. The molecule has 1 N–H and O–H groups in total. The Labute approximate surface area is 171 Å². The van der Waals surface area contributed by atoms with Gasteiger partial charge >= 0.3 is 6.18 Å². The van der Waals surface area contributed by atoms with Crippen LogP contribution >= 0.6 is 0 Å². The Hall–Kier alpha value is -3.07. The van der Waals surface area contributed by atoms with E-state index in [4.69, 9.17) is 4.74 Å². The van der Waals surface area contributed by atoms with Gasteiger partial charge in [0.25, 0.3) is 5.91 Å². The van der Waals surface area contributed by atoms with Crippen LogP contribution in [0.25, 0.3) is 5.52 Å². The molecule has 0 spiro atoms. The molecule has 30 heavy (non-hydrogen) atoms. The predicted octanol–water partition coefficient (Wildman–Crippen LogP) is 4.19. The quantitative estimate of drug-likeness (QED) is 0.693. The molecule has 4 rings (SSSR count). The number of aryl methyl sites for hydroxylation is 1. The van der Waals surface area contributed by atoms with Gasteiger partial charge in [0.05, 0.1) is 30.5 Å². The molecule has 3 aromatic rings. The number of fused-ring (bicyclic) bond motifs is 1. The number of carbonyl (C=O) groups is 1. The highest BCUT2D eigenvalue weighted by atomic mass is 19.4. The van der Waals surface area contributed by atoms with E-state index in [9.17, 15) is 18.0 Å². The van der Waals surface area contributed by atoms with Gasteiger partial charge in [-0.25, -0.2) is 4.98 Å². The first kappa shape index (κ1) is 20.2. The summed E-state index contributed by atoms with van der Waals surface area (Å²) in [6, 6.07) is 7.62. The topological polar surface area (TPSA) is 58.9 Å². The number of aromatic nitrogens is 2. The second-order valence-electron chi connectivity index (χ2n) is 7.19. The fourth-order valence-corrected chi connectivity index (χ4v) is 3.67. The zero-order valence-electron chi connectivity index (χ0n) is 16.6. The van der Waals surface area contributed by atoms with Crippen LogP contribution < -0.4 is 5.32 Å². The fraction of sp³-hybridized carbons (Fsp3) is 0.333. The summed E-state index contributed by atoms with van der Waals surface area (Å²) >= 11 is 0. The molecule has 2 aromatic heterocycles. The number of halogens is 3. The molecule has 1 saturated heterocycles. The molecule has 9 heteroatoms. The fourth-order valence-electron chi connectivity index (χ4n) is 3.67. The minimum absolute atomic E-state index is 0.0849. The number of alkyl halides is 3. The van der Waals surface area contributed by atoms with Gasteiger partial charge in [0.1, 0.15) is 5.69 Å². The maximum absolute atomic E-state index is 13.2. The van der Waals surface area contributed by atoms with Crippen molar-refractivity contribution >= 4 is 22.9 Å². The average molecular weight is 418 g/mol. The number of nitrogens with zero attached hydrogens (tertiary/aromatic N) is 3. The molecular formula is C21H21F3N4O2. The third-order valence-electron chi connectivity index (χ3n) is 5.29. The van der Waals surface area contributed by atoms with E-state index in [2.05, 4.69) is 10.3 Å². The van der Waals surface area contributed by atoms with Gasteiger partial charge in [-0.3, -0.25) is 4.79 Å². The van der Waals surface area contributed by atoms with E-state index in [0.717, 1.165) is 11.8 Å². The van der Waals surface area contributed by atoms with Crippen molar-refractivity contribution < 1.29 is 22.7 Å². The summed E-state index contributed by atoms with van der Waals surface area (Å²) in [5, 5.41) is 3.01. The SMILES string of the molecule is Cc1c(Nc2ncc(C(=O)N3CCOCC3)n3c(C)ccc23)cccc1C(F)(F)F. The highest BCUT2D eigenvalue weighted by Crippen LogP contribution is 2.35. The summed E-state index contributed by atoms with van der Waals surface area (Å²) < 4.78 is 46.8. The Morgan fingerprint density at radius 2 is 1.87 bits per heavy atom. The van der Waals surface area contributed by atoms with Gasteiger partial charge in [0.15, 0.2) is 5.82 Å². The zero-order valence-corrected chi connectivity index (χ0v) is 16.6. The lowest BCUT2D eigenvalue weighted by Crippen LogP contribution is -2.41. The zero-order chi connectivity index (χ0) is 21.5. The van der Waals surface area contributed by atoms with Crippen molar-refractivity contribution in [3.8, 4) is 0 Å². The van der Waals surface area contributed by atoms with Crippen LogP contribution in [0.1, 0.15) is 27.3 Å². The molecule has 1 amide bonds. The van der Waals surface area contributed by atoms with Crippen molar-refractivity contribution in [2.24, 2.45) is 0 Å². The van der Waals surface area contributed by atoms with E-state index in [1.54, 1.807) is 21.4 Å².